The van der Waals surface area contributed by atoms with Gasteiger partial charge in [-0.3, -0.25) is 9.59 Å². The highest BCUT2D eigenvalue weighted by Gasteiger charge is 2.20. The van der Waals surface area contributed by atoms with Gasteiger partial charge in [0, 0.05) is 24.4 Å². The highest BCUT2D eigenvalue weighted by Crippen LogP contribution is 2.32. The number of hydrogen-bond acceptors (Lipinski definition) is 4. The Morgan fingerprint density at radius 1 is 1.32 bits per heavy atom. The number of hydrogen-bond donors (Lipinski definition) is 3. The molecule has 0 aliphatic rings. The van der Waals surface area contributed by atoms with Gasteiger partial charge in [0.25, 0.3) is 5.91 Å². The van der Waals surface area contributed by atoms with Crippen molar-refractivity contribution in [1.82, 2.24) is 5.32 Å². The Labute approximate surface area is 117 Å². The van der Waals surface area contributed by atoms with E-state index >= 15 is 0 Å². The Kier molecular flexibility index (Phi) is 5.98. The van der Waals surface area contributed by atoms with E-state index in [1.807, 2.05) is 20.8 Å². The first kappa shape index (κ1) is 15.7. The second-order valence-electron chi connectivity index (χ2n) is 4.33. The minimum absolute atomic E-state index is 0.0587. The van der Waals surface area contributed by atoms with E-state index in [1.165, 1.54) is 11.3 Å². The average Bonchev–Trinajstić information content (AvgIpc) is 2.62. The SMILES string of the molecule is CCCC(=O)Nc1sc(C)c(C)c1C(=O)NCCN. The van der Waals surface area contributed by atoms with E-state index in [-0.39, 0.29) is 11.8 Å². The Balaban J connectivity index is 2.95. The maximum Gasteiger partial charge on any atom is 0.254 e. The Hall–Kier alpha value is -1.40. The molecule has 4 N–H and O–H groups in total. The second-order valence-corrected chi connectivity index (χ2v) is 5.55. The normalized spacial score (nSPS) is 10.3. The molecule has 0 aliphatic carbocycles. The van der Waals surface area contributed by atoms with Crippen LogP contribution in [-0.4, -0.2) is 24.9 Å². The van der Waals surface area contributed by atoms with E-state index in [0.29, 0.717) is 30.1 Å². The lowest BCUT2D eigenvalue weighted by Gasteiger charge is -2.07. The summed E-state index contributed by atoms with van der Waals surface area (Å²) in [7, 11) is 0. The molecule has 1 aromatic heterocycles. The van der Waals surface area contributed by atoms with E-state index in [2.05, 4.69) is 10.6 Å². The first-order valence-corrected chi connectivity index (χ1v) is 7.21. The summed E-state index contributed by atoms with van der Waals surface area (Å²) in [6.45, 7) is 6.59. The van der Waals surface area contributed by atoms with E-state index in [0.717, 1.165) is 16.9 Å². The van der Waals surface area contributed by atoms with Crippen molar-refractivity contribution >= 4 is 28.2 Å². The van der Waals surface area contributed by atoms with Gasteiger partial charge < -0.3 is 16.4 Å². The molecule has 1 aromatic rings. The van der Waals surface area contributed by atoms with Gasteiger partial charge in [-0.25, -0.2) is 0 Å². The minimum Gasteiger partial charge on any atom is -0.351 e. The molecule has 0 aliphatic heterocycles. The number of nitrogens with two attached hydrogens (primary N) is 1. The molecule has 0 bridgehead atoms. The number of anilines is 1. The van der Waals surface area contributed by atoms with E-state index in [1.54, 1.807) is 0 Å². The van der Waals surface area contributed by atoms with Crippen molar-refractivity contribution in [1.29, 1.82) is 0 Å². The molecule has 0 saturated carbocycles. The van der Waals surface area contributed by atoms with E-state index in [9.17, 15) is 9.59 Å². The lowest BCUT2D eigenvalue weighted by Crippen LogP contribution is -2.30. The van der Waals surface area contributed by atoms with Crippen molar-refractivity contribution in [3.63, 3.8) is 0 Å². The molecule has 5 nitrogen and oxygen atoms in total. The van der Waals surface area contributed by atoms with Crippen LogP contribution in [0.4, 0.5) is 5.00 Å². The highest BCUT2D eigenvalue weighted by molar-refractivity contribution is 7.16. The van der Waals surface area contributed by atoms with Gasteiger partial charge in [-0.05, 0) is 25.8 Å². The number of carbonyl (C=O) groups excluding carboxylic acids is 2. The third-order valence-corrected chi connectivity index (χ3v) is 3.89. The summed E-state index contributed by atoms with van der Waals surface area (Å²) < 4.78 is 0. The molecular weight excluding hydrogens is 262 g/mol. The average molecular weight is 283 g/mol. The number of amides is 2. The predicted octanol–water partition coefficient (Wildman–Crippen LogP) is 1.79. The molecule has 1 heterocycles. The fraction of sp³-hybridized carbons (Fsp3) is 0.538. The molecule has 6 heteroatoms. The largest absolute Gasteiger partial charge is 0.351 e. The molecule has 0 spiro atoms. The van der Waals surface area contributed by atoms with Crippen LogP contribution in [0.3, 0.4) is 0 Å². The standard InChI is InChI=1S/C13H21N3O2S/c1-4-5-10(17)16-13-11(8(2)9(3)19-13)12(18)15-7-6-14/h4-7,14H2,1-3H3,(H,15,18)(H,16,17). The number of carbonyl (C=O) groups is 2. The zero-order valence-corrected chi connectivity index (χ0v) is 12.4. The van der Waals surface area contributed by atoms with Gasteiger partial charge in [0.2, 0.25) is 5.91 Å². The molecule has 106 valence electrons. The molecule has 0 fully saturated rings. The molecule has 0 radical (unpaired) electrons. The van der Waals surface area contributed by atoms with Crippen LogP contribution in [0.25, 0.3) is 0 Å². The fourth-order valence-electron chi connectivity index (χ4n) is 1.68. The Bertz CT molecular complexity index is 469. The third kappa shape index (κ3) is 4.04. The number of thiophene rings is 1. The van der Waals surface area contributed by atoms with Crippen LogP contribution in [0.1, 0.15) is 40.6 Å². The van der Waals surface area contributed by atoms with Crippen LogP contribution >= 0.6 is 11.3 Å². The maximum atomic E-state index is 12.1. The zero-order chi connectivity index (χ0) is 14.4. The van der Waals surface area contributed by atoms with Crippen molar-refractivity contribution in [2.24, 2.45) is 5.73 Å². The third-order valence-electron chi connectivity index (χ3n) is 2.77. The minimum atomic E-state index is -0.181. The summed E-state index contributed by atoms with van der Waals surface area (Å²) >= 11 is 1.43. The molecular formula is C13H21N3O2S. The fourth-order valence-corrected chi connectivity index (χ4v) is 2.75. The smallest absolute Gasteiger partial charge is 0.254 e. The molecule has 0 saturated heterocycles. The van der Waals surface area contributed by atoms with Crippen LogP contribution < -0.4 is 16.4 Å². The summed E-state index contributed by atoms with van der Waals surface area (Å²) in [4.78, 5) is 24.8. The lowest BCUT2D eigenvalue weighted by molar-refractivity contribution is -0.116. The lowest BCUT2D eigenvalue weighted by atomic mass is 10.1. The molecule has 0 unspecified atom stereocenters. The van der Waals surface area contributed by atoms with Gasteiger partial charge in [0.1, 0.15) is 5.00 Å². The molecule has 0 atom stereocenters. The summed E-state index contributed by atoms with van der Waals surface area (Å²) in [6, 6.07) is 0. The topological polar surface area (TPSA) is 84.2 Å². The van der Waals surface area contributed by atoms with Crippen molar-refractivity contribution in [2.75, 3.05) is 18.4 Å². The van der Waals surface area contributed by atoms with Gasteiger partial charge in [-0.1, -0.05) is 6.92 Å². The van der Waals surface area contributed by atoms with Crippen LogP contribution in [0.2, 0.25) is 0 Å². The second kappa shape index (κ2) is 7.25. The van der Waals surface area contributed by atoms with Gasteiger partial charge in [-0.15, -0.1) is 11.3 Å². The highest BCUT2D eigenvalue weighted by atomic mass is 32.1. The van der Waals surface area contributed by atoms with Crippen molar-refractivity contribution < 1.29 is 9.59 Å². The van der Waals surface area contributed by atoms with Gasteiger partial charge in [0.15, 0.2) is 0 Å². The number of nitrogens with one attached hydrogen (secondary N) is 2. The van der Waals surface area contributed by atoms with Gasteiger partial charge in [0.05, 0.1) is 5.56 Å². The summed E-state index contributed by atoms with van der Waals surface area (Å²) in [5.74, 6) is -0.240. The summed E-state index contributed by atoms with van der Waals surface area (Å²) in [6.07, 6.45) is 1.24. The van der Waals surface area contributed by atoms with Crippen LogP contribution in [0, 0.1) is 13.8 Å². The zero-order valence-electron chi connectivity index (χ0n) is 11.6. The first-order chi connectivity index (χ1) is 9.01. The maximum absolute atomic E-state index is 12.1. The summed E-state index contributed by atoms with van der Waals surface area (Å²) in [5, 5.41) is 6.19. The van der Waals surface area contributed by atoms with Crippen LogP contribution in [-0.2, 0) is 4.79 Å². The van der Waals surface area contributed by atoms with E-state index < -0.39 is 0 Å². The number of rotatable bonds is 6. The molecule has 1 rings (SSSR count). The van der Waals surface area contributed by atoms with Crippen molar-refractivity contribution in [3.8, 4) is 0 Å². The van der Waals surface area contributed by atoms with E-state index in [4.69, 9.17) is 5.73 Å². The van der Waals surface area contributed by atoms with Crippen molar-refractivity contribution in [3.05, 3.63) is 16.0 Å². The predicted molar refractivity (Wildman–Crippen MR) is 78.7 cm³/mol. The summed E-state index contributed by atoms with van der Waals surface area (Å²) in [5.41, 5.74) is 6.84. The van der Waals surface area contributed by atoms with Crippen LogP contribution in [0.5, 0.6) is 0 Å². The molecule has 19 heavy (non-hydrogen) atoms. The first-order valence-electron chi connectivity index (χ1n) is 6.39. The Morgan fingerprint density at radius 2 is 2.00 bits per heavy atom. The van der Waals surface area contributed by atoms with Crippen molar-refractivity contribution in [2.45, 2.75) is 33.6 Å². The monoisotopic (exact) mass is 283 g/mol. The van der Waals surface area contributed by atoms with Crippen LogP contribution in [0.15, 0.2) is 0 Å². The Morgan fingerprint density at radius 3 is 2.58 bits per heavy atom. The molecule has 0 aromatic carbocycles. The molecule has 2 amide bonds. The quantitative estimate of drug-likeness (QED) is 0.744. The number of aryl methyl sites for hydroxylation is 1. The van der Waals surface area contributed by atoms with Gasteiger partial charge >= 0.3 is 0 Å². The van der Waals surface area contributed by atoms with Gasteiger partial charge in [-0.2, -0.15) is 0 Å².